The summed E-state index contributed by atoms with van der Waals surface area (Å²) < 4.78 is 5.82. The average molecular weight is 233 g/mol. The first kappa shape index (κ1) is 12.4. The molecule has 17 heavy (non-hydrogen) atoms. The van der Waals surface area contributed by atoms with Crippen molar-refractivity contribution >= 4 is 0 Å². The molecule has 0 unspecified atom stereocenters. The van der Waals surface area contributed by atoms with E-state index in [-0.39, 0.29) is 0 Å². The van der Waals surface area contributed by atoms with Crippen molar-refractivity contribution < 1.29 is 4.74 Å². The van der Waals surface area contributed by atoms with E-state index in [1.165, 1.54) is 24.8 Å². The minimum atomic E-state index is 0.830. The van der Waals surface area contributed by atoms with Crippen LogP contribution in [0.5, 0.6) is 5.75 Å². The molecule has 0 radical (unpaired) electrons. The Balaban J connectivity index is 1.59. The molecule has 1 aliphatic carbocycles. The highest BCUT2D eigenvalue weighted by Crippen LogP contribution is 2.19. The van der Waals surface area contributed by atoms with Gasteiger partial charge in [0.15, 0.2) is 0 Å². The number of unbranched alkanes of at least 4 members (excludes halogenated alkanes) is 1. The van der Waals surface area contributed by atoms with Crippen LogP contribution in [0.1, 0.15) is 38.2 Å². The highest BCUT2D eigenvalue weighted by atomic mass is 16.5. The number of hydrogen-bond donors (Lipinski definition) is 1. The van der Waals surface area contributed by atoms with E-state index in [9.17, 15) is 0 Å². The molecule has 0 spiro atoms. The fourth-order valence-corrected chi connectivity index (χ4v) is 1.94. The molecule has 0 bridgehead atoms. The van der Waals surface area contributed by atoms with E-state index >= 15 is 0 Å². The number of ether oxygens (including phenoxy) is 1. The van der Waals surface area contributed by atoms with Gasteiger partial charge in [0.05, 0.1) is 6.61 Å². The number of benzene rings is 1. The van der Waals surface area contributed by atoms with Crippen LogP contribution in [-0.2, 0) is 6.42 Å². The minimum Gasteiger partial charge on any atom is -0.493 e. The first-order valence-corrected chi connectivity index (χ1v) is 6.84. The van der Waals surface area contributed by atoms with E-state index < -0.39 is 0 Å². The van der Waals surface area contributed by atoms with Crippen LogP contribution >= 0.6 is 0 Å². The molecule has 2 rings (SSSR count). The summed E-state index contributed by atoms with van der Waals surface area (Å²) in [6.45, 7) is 4.15. The molecular formula is C15H23NO. The first-order valence-electron chi connectivity index (χ1n) is 6.84. The molecule has 1 aromatic carbocycles. The maximum absolute atomic E-state index is 5.82. The summed E-state index contributed by atoms with van der Waals surface area (Å²) in [5.74, 6) is 1.06. The van der Waals surface area contributed by atoms with Crippen LogP contribution in [-0.4, -0.2) is 19.2 Å². The topological polar surface area (TPSA) is 21.3 Å². The lowest BCUT2D eigenvalue weighted by molar-refractivity contribution is 0.303. The molecule has 94 valence electrons. The molecule has 1 aromatic rings. The highest BCUT2D eigenvalue weighted by molar-refractivity contribution is 5.33. The van der Waals surface area contributed by atoms with Crippen LogP contribution in [0.4, 0.5) is 0 Å². The van der Waals surface area contributed by atoms with Crippen LogP contribution in [0.25, 0.3) is 0 Å². The van der Waals surface area contributed by atoms with E-state index in [0.29, 0.717) is 0 Å². The van der Waals surface area contributed by atoms with Gasteiger partial charge in [-0.2, -0.15) is 0 Å². The smallest absolute Gasteiger partial charge is 0.122 e. The Labute approximate surface area is 104 Å². The summed E-state index contributed by atoms with van der Waals surface area (Å²) in [5.41, 5.74) is 1.31. The van der Waals surface area contributed by atoms with Crippen LogP contribution < -0.4 is 10.1 Å². The van der Waals surface area contributed by atoms with Gasteiger partial charge in [-0.3, -0.25) is 0 Å². The predicted octanol–water partition coefficient (Wildman–Crippen LogP) is 3.16. The summed E-state index contributed by atoms with van der Waals surface area (Å²) in [4.78, 5) is 0. The Morgan fingerprint density at radius 3 is 2.82 bits per heavy atom. The first-order chi connectivity index (χ1) is 8.40. The standard InChI is InChI=1S/C15H23NO/c1-2-13-7-3-4-8-15(13)17-12-6-5-11-16-14-9-10-14/h3-4,7-8,14,16H,2,5-6,9-12H2,1H3. The molecule has 0 amide bonds. The molecule has 1 N–H and O–H groups in total. The van der Waals surface area contributed by atoms with Crippen LogP contribution in [0.3, 0.4) is 0 Å². The normalized spacial score (nSPS) is 14.9. The third-order valence-electron chi connectivity index (χ3n) is 3.19. The second-order valence-corrected chi connectivity index (χ2v) is 4.75. The molecule has 2 nitrogen and oxygen atoms in total. The predicted molar refractivity (Wildman–Crippen MR) is 71.6 cm³/mol. The average Bonchev–Trinajstić information content (AvgIpc) is 3.18. The third-order valence-corrected chi connectivity index (χ3v) is 3.19. The summed E-state index contributed by atoms with van der Waals surface area (Å²) >= 11 is 0. The Morgan fingerprint density at radius 2 is 2.06 bits per heavy atom. The van der Waals surface area contributed by atoms with Crippen LogP contribution in [0.15, 0.2) is 24.3 Å². The van der Waals surface area contributed by atoms with E-state index in [4.69, 9.17) is 4.74 Å². The van der Waals surface area contributed by atoms with Crippen molar-refractivity contribution in [2.45, 2.75) is 45.1 Å². The second-order valence-electron chi connectivity index (χ2n) is 4.75. The molecule has 1 aliphatic rings. The van der Waals surface area contributed by atoms with Crippen molar-refractivity contribution in [2.75, 3.05) is 13.2 Å². The number of aryl methyl sites for hydroxylation is 1. The number of para-hydroxylation sites is 1. The molecule has 0 atom stereocenters. The van der Waals surface area contributed by atoms with Crippen molar-refractivity contribution in [3.05, 3.63) is 29.8 Å². The Morgan fingerprint density at radius 1 is 1.24 bits per heavy atom. The molecule has 1 saturated carbocycles. The maximum Gasteiger partial charge on any atom is 0.122 e. The Kier molecular flexibility index (Phi) is 4.87. The third kappa shape index (κ3) is 4.39. The van der Waals surface area contributed by atoms with Gasteiger partial charge in [0.1, 0.15) is 5.75 Å². The van der Waals surface area contributed by atoms with Gasteiger partial charge in [0.2, 0.25) is 0 Å². The van der Waals surface area contributed by atoms with Crippen molar-refractivity contribution in [3.63, 3.8) is 0 Å². The highest BCUT2D eigenvalue weighted by Gasteiger charge is 2.19. The van der Waals surface area contributed by atoms with Gasteiger partial charge in [-0.15, -0.1) is 0 Å². The Hall–Kier alpha value is -1.02. The van der Waals surface area contributed by atoms with Crippen molar-refractivity contribution in [2.24, 2.45) is 0 Å². The lowest BCUT2D eigenvalue weighted by Gasteiger charge is -2.10. The number of hydrogen-bond acceptors (Lipinski definition) is 2. The number of nitrogens with one attached hydrogen (secondary N) is 1. The quantitative estimate of drug-likeness (QED) is 0.696. The fourth-order valence-electron chi connectivity index (χ4n) is 1.94. The summed E-state index contributed by atoms with van der Waals surface area (Å²) in [7, 11) is 0. The summed E-state index contributed by atoms with van der Waals surface area (Å²) in [6.07, 6.45) is 6.14. The largest absolute Gasteiger partial charge is 0.493 e. The molecule has 0 heterocycles. The molecule has 0 aromatic heterocycles. The van der Waals surface area contributed by atoms with Crippen molar-refractivity contribution in [3.8, 4) is 5.75 Å². The van der Waals surface area contributed by atoms with Gasteiger partial charge in [0.25, 0.3) is 0 Å². The van der Waals surface area contributed by atoms with E-state index in [1.54, 1.807) is 0 Å². The maximum atomic E-state index is 5.82. The van der Waals surface area contributed by atoms with E-state index in [0.717, 1.165) is 37.8 Å². The molecule has 0 aliphatic heterocycles. The zero-order valence-electron chi connectivity index (χ0n) is 10.7. The Bertz CT molecular complexity index is 333. The van der Waals surface area contributed by atoms with E-state index in [1.807, 2.05) is 6.07 Å². The minimum absolute atomic E-state index is 0.830. The summed E-state index contributed by atoms with van der Waals surface area (Å²) in [5, 5.41) is 3.52. The van der Waals surface area contributed by atoms with Crippen LogP contribution in [0.2, 0.25) is 0 Å². The zero-order chi connectivity index (χ0) is 11.9. The van der Waals surface area contributed by atoms with Crippen molar-refractivity contribution in [1.29, 1.82) is 0 Å². The van der Waals surface area contributed by atoms with Gasteiger partial charge in [-0.1, -0.05) is 25.1 Å². The van der Waals surface area contributed by atoms with Gasteiger partial charge >= 0.3 is 0 Å². The lowest BCUT2D eigenvalue weighted by atomic mass is 10.1. The van der Waals surface area contributed by atoms with Crippen molar-refractivity contribution in [1.82, 2.24) is 5.32 Å². The van der Waals surface area contributed by atoms with Gasteiger partial charge in [-0.25, -0.2) is 0 Å². The van der Waals surface area contributed by atoms with Gasteiger partial charge in [-0.05, 0) is 50.3 Å². The second kappa shape index (κ2) is 6.65. The van der Waals surface area contributed by atoms with E-state index in [2.05, 4.69) is 30.4 Å². The van der Waals surface area contributed by atoms with Crippen LogP contribution in [0, 0.1) is 0 Å². The molecule has 1 fully saturated rings. The molecule has 0 saturated heterocycles. The lowest BCUT2D eigenvalue weighted by Crippen LogP contribution is -2.17. The van der Waals surface area contributed by atoms with Gasteiger partial charge in [0, 0.05) is 6.04 Å². The molecular weight excluding hydrogens is 210 g/mol. The summed E-state index contributed by atoms with van der Waals surface area (Å²) in [6, 6.07) is 9.16. The van der Waals surface area contributed by atoms with Gasteiger partial charge < -0.3 is 10.1 Å². The number of rotatable bonds is 8. The monoisotopic (exact) mass is 233 g/mol. The zero-order valence-corrected chi connectivity index (χ0v) is 10.7. The SMILES string of the molecule is CCc1ccccc1OCCCCNC1CC1. The fraction of sp³-hybridized carbons (Fsp3) is 0.600. The molecule has 2 heteroatoms.